The molecular formula is C7H7ClF2N2O3. The van der Waals surface area contributed by atoms with Crippen molar-refractivity contribution in [1.82, 2.24) is 9.78 Å². The second-order valence-corrected chi connectivity index (χ2v) is 2.84. The first-order valence-corrected chi connectivity index (χ1v) is 4.10. The largest absolute Gasteiger partial charge is 0.464 e. The Morgan fingerprint density at radius 3 is 2.67 bits per heavy atom. The predicted molar refractivity (Wildman–Crippen MR) is 46.2 cm³/mol. The van der Waals surface area contributed by atoms with Crippen molar-refractivity contribution in [2.24, 2.45) is 7.05 Å². The highest BCUT2D eigenvalue weighted by atomic mass is 35.5. The zero-order valence-electron chi connectivity index (χ0n) is 7.83. The van der Waals surface area contributed by atoms with E-state index in [2.05, 4.69) is 14.6 Å². The molecule has 0 atom stereocenters. The van der Waals surface area contributed by atoms with Gasteiger partial charge < -0.3 is 9.47 Å². The van der Waals surface area contributed by atoms with Crippen LogP contribution in [0.5, 0.6) is 5.88 Å². The molecule has 0 spiro atoms. The maximum atomic E-state index is 11.9. The first kappa shape index (κ1) is 11.7. The van der Waals surface area contributed by atoms with E-state index >= 15 is 0 Å². The van der Waals surface area contributed by atoms with E-state index in [1.807, 2.05) is 0 Å². The molecule has 5 nitrogen and oxygen atoms in total. The van der Waals surface area contributed by atoms with Gasteiger partial charge in [0.05, 0.1) is 7.11 Å². The van der Waals surface area contributed by atoms with E-state index in [1.54, 1.807) is 0 Å². The van der Waals surface area contributed by atoms with Gasteiger partial charge in [0, 0.05) is 7.05 Å². The van der Waals surface area contributed by atoms with Crippen LogP contribution in [0.4, 0.5) is 8.78 Å². The van der Waals surface area contributed by atoms with Gasteiger partial charge in [-0.1, -0.05) is 11.6 Å². The van der Waals surface area contributed by atoms with Crippen LogP contribution in [0, 0.1) is 0 Å². The standard InChI is InChI=1S/C7H7ClF2N2O3/c1-12-5(15-7(9)10)3(8)4(11-12)6(13)14-2/h7H,1-2H3. The molecule has 0 amide bonds. The van der Waals surface area contributed by atoms with Gasteiger partial charge in [-0.2, -0.15) is 13.9 Å². The lowest BCUT2D eigenvalue weighted by molar-refractivity contribution is -0.0552. The molecule has 1 rings (SSSR count). The van der Waals surface area contributed by atoms with Crippen molar-refractivity contribution >= 4 is 17.6 Å². The molecule has 0 saturated heterocycles. The van der Waals surface area contributed by atoms with E-state index < -0.39 is 12.6 Å². The summed E-state index contributed by atoms with van der Waals surface area (Å²) in [5.74, 6) is -1.20. The Morgan fingerprint density at radius 2 is 2.20 bits per heavy atom. The number of methoxy groups -OCH3 is 1. The van der Waals surface area contributed by atoms with E-state index in [4.69, 9.17) is 11.6 Å². The third-order valence-corrected chi connectivity index (χ3v) is 1.86. The molecule has 0 aliphatic heterocycles. The number of carbonyl (C=O) groups excluding carboxylic acids is 1. The first-order chi connectivity index (χ1) is 6.97. The number of carbonyl (C=O) groups is 1. The molecule has 0 unspecified atom stereocenters. The van der Waals surface area contributed by atoms with E-state index in [9.17, 15) is 13.6 Å². The number of rotatable bonds is 3. The van der Waals surface area contributed by atoms with Gasteiger partial charge in [-0.15, -0.1) is 0 Å². The number of hydrogen-bond acceptors (Lipinski definition) is 4. The lowest BCUT2D eigenvalue weighted by Crippen LogP contribution is -2.06. The van der Waals surface area contributed by atoms with E-state index in [0.29, 0.717) is 0 Å². The lowest BCUT2D eigenvalue weighted by atomic mass is 10.4. The van der Waals surface area contributed by atoms with Crippen LogP contribution in [-0.2, 0) is 11.8 Å². The second-order valence-electron chi connectivity index (χ2n) is 2.46. The van der Waals surface area contributed by atoms with Crippen molar-refractivity contribution < 1.29 is 23.0 Å². The highest BCUT2D eigenvalue weighted by molar-refractivity contribution is 6.34. The van der Waals surface area contributed by atoms with Crippen LogP contribution < -0.4 is 4.74 Å². The van der Waals surface area contributed by atoms with Gasteiger partial charge >= 0.3 is 12.6 Å². The predicted octanol–water partition coefficient (Wildman–Crippen LogP) is 1.46. The molecule has 1 aromatic heterocycles. The van der Waals surface area contributed by atoms with Crippen molar-refractivity contribution in [1.29, 1.82) is 0 Å². The minimum atomic E-state index is -3.04. The molecule has 0 bridgehead atoms. The SMILES string of the molecule is COC(=O)c1nn(C)c(OC(F)F)c1Cl. The summed E-state index contributed by atoms with van der Waals surface area (Å²) in [5, 5.41) is 3.28. The van der Waals surface area contributed by atoms with E-state index in [1.165, 1.54) is 7.05 Å². The van der Waals surface area contributed by atoms with Crippen LogP contribution in [-0.4, -0.2) is 29.5 Å². The van der Waals surface area contributed by atoms with Gasteiger partial charge in [0.1, 0.15) is 5.02 Å². The Balaban J connectivity index is 3.08. The average Bonchev–Trinajstić information content (AvgIpc) is 2.44. The van der Waals surface area contributed by atoms with Crippen LogP contribution >= 0.6 is 11.6 Å². The molecule has 0 fully saturated rings. The van der Waals surface area contributed by atoms with Crippen molar-refractivity contribution in [2.75, 3.05) is 7.11 Å². The third kappa shape index (κ3) is 2.35. The van der Waals surface area contributed by atoms with Gasteiger partial charge in [-0.05, 0) is 0 Å². The van der Waals surface area contributed by atoms with Gasteiger partial charge in [0.2, 0.25) is 5.88 Å². The summed E-state index contributed by atoms with van der Waals surface area (Å²) in [6.07, 6.45) is 0. The van der Waals surface area contributed by atoms with Crippen LogP contribution in [0.2, 0.25) is 5.02 Å². The maximum Gasteiger partial charge on any atom is 0.388 e. The van der Waals surface area contributed by atoms with Crippen LogP contribution in [0.25, 0.3) is 0 Å². The fourth-order valence-corrected chi connectivity index (χ4v) is 1.20. The van der Waals surface area contributed by atoms with Crippen LogP contribution in [0.15, 0.2) is 0 Å². The summed E-state index contributed by atoms with van der Waals surface area (Å²) in [6.45, 7) is -3.04. The molecule has 0 N–H and O–H groups in total. The summed E-state index contributed by atoms with van der Waals surface area (Å²) < 4.78 is 33.2. The maximum absolute atomic E-state index is 11.9. The Bertz CT molecular complexity index is 381. The molecule has 8 heteroatoms. The summed E-state index contributed by atoms with van der Waals surface area (Å²) in [5.41, 5.74) is -0.266. The summed E-state index contributed by atoms with van der Waals surface area (Å²) >= 11 is 5.60. The molecule has 0 aromatic carbocycles. The van der Waals surface area contributed by atoms with E-state index in [-0.39, 0.29) is 16.6 Å². The van der Waals surface area contributed by atoms with E-state index in [0.717, 1.165) is 11.8 Å². The number of ether oxygens (including phenoxy) is 2. The number of aryl methyl sites for hydroxylation is 1. The molecule has 15 heavy (non-hydrogen) atoms. The summed E-state index contributed by atoms with van der Waals surface area (Å²) in [4.78, 5) is 11.1. The van der Waals surface area contributed by atoms with Crippen molar-refractivity contribution in [3.05, 3.63) is 10.7 Å². The molecule has 0 saturated carbocycles. The lowest BCUT2D eigenvalue weighted by Gasteiger charge is -2.03. The fourth-order valence-electron chi connectivity index (χ4n) is 0.922. The third-order valence-electron chi connectivity index (χ3n) is 1.52. The number of hydrogen-bond donors (Lipinski definition) is 0. The normalized spacial score (nSPS) is 10.5. The Morgan fingerprint density at radius 1 is 1.60 bits per heavy atom. The number of halogens is 3. The Labute approximate surface area is 88.5 Å². The molecule has 0 radical (unpaired) electrons. The Hall–Kier alpha value is -1.37. The highest BCUT2D eigenvalue weighted by Gasteiger charge is 2.23. The van der Waals surface area contributed by atoms with Crippen LogP contribution in [0.3, 0.4) is 0 Å². The van der Waals surface area contributed by atoms with Crippen LogP contribution in [0.1, 0.15) is 10.5 Å². The molecular weight excluding hydrogens is 234 g/mol. The highest BCUT2D eigenvalue weighted by Crippen LogP contribution is 2.29. The minimum absolute atomic E-state index is 0.266. The van der Waals surface area contributed by atoms with Gasteiger partial charge in [-0.3, -0.25) is 0 Å². The fraction of sp³-hybridized carbons (Fsp3) is 0.429. The zero-order chi connectivity index (χ0) is 11.6. The quantitative estimate of drug-likeness (QED) is 0.751. The molecule has 84 valence electrons. The molecule has 0 aliphatic rings. The van der Waals surface area contributed by atoms with Gasteiger partial charge in [0.15, 0.2) is 5.69 Å². The van der Waals surface area contributed by atoms with Gasteiger partial charge in [-0.25, -0.2) is 9.48 Å². The Kier molecular flexibility index (Phi) is 3.46. The monoisotopic (exact) mass is 240 g/mol. The minimum Gasteiger partial charge on any atom is -0.464 e. The number of alkyl halides is 2. The van der Waals surface area contributed by atoms with Crippen molar-refractivity contribution in [2.45, 2.75) is 6.61 Å². The number of esters is 1. The molecule has 1 heterocycles. The topological polar surface area (TPSA) is 53.3 Å². The molecule has 1 aromatic rings. The number of nitrogens with zero attached hydrogens (tertiary/aromatic N) is 2. The average molecular weight is 241 g/mol. The number of aromatic nitrogens is 2. The summed E-state index contributed by atoms with van der Waals surface area (Å²) in [6, 6.07) is 0. The first-order valence-electron chi connectivity index (χ1n) is 3.73. The smallest absolute Gasteiger partial charge is 0.388 e. The summed E-state index contributed by atoms with van der Waals surface area (Å²) in [7, 11) is 2.44. The van der Waals surface area contributed by atoms with Gasteiger partial charge in [0.25, 0.3) is 0 Å². The second kappa shape index (κ2) is 4.43. The van der Waals surface area contributed by atoms with Crippen molar-refractivity contribution in [3.63, 3.8) is 0 Å². The molecule has 0 aliphatic carbocycles. The zero-order valence-corrected chi connectivity index (χ0v) is 8.59. The van der Waals surface area contributed by atoms with Crippen molar-refractivity contribution in [3.8, 4) is 5.88 Å².